The number of benzene rings is 1. The van der Waals surface area contributed by atoms with Gasteiger partial charge in [-0.1, -0.05) is 26.8 Å². The smallest absolute Gasteiger partial charge is 0.123 e. The van der Waals surface area contributed by atoms with Crippen LogP contribution in [-0.2, 0) is 5.60 Å². The number of hydrogen-bond acceptors (Lipinski definition) is 1. The van der Waals surface area contributed by atoms with Gasteiger partial charge < -0.3 is 5.11 Å². The SMILES string of the molecule is Cc1cc(F)ccc1C1(O)CCC(C)(C)CC1C. The van der Waals surface area contributed by atoms with Crippen LogP contribution >= 0.6 is 0 Å². The van der Waals surface area contributed by atoms with Crippen molar-refractivity contribution in [3.63, 3.8) is 0 Å². The Morgan fingerprint density at radius 3 is 2.50 bits per heavy atom. The largest absolute Gasteiger partial charge is 0.385 e. The van der Waals surface area contributed by atoms with Crippen molar-refractivity contribution >= 4 is 0 Å². The molecule has 1 aromatic carbocycles. The Bertz CT molecular complexity index is 452. The lowest BCUT2D eigenvalue weighted by Crippen LogP contribution is -2.42. The van der Waals surface area contributed by atoms with E-state index in [-0.39, 0.29) is 11.7 Å². The number of halogens is 1. The molecule has 2 unspecified atom stereocenters. The lowest BCUT2D eigenvalue weighted by Gasteiger charge is -2.46. The Morgan fingerprint density at radius 2 is 1.94 bits per heavy atom. The molecular weight excluding hydrogens is 227 g/mol. The first kappa shape index (κ1) is 13.5. The van der Waals surface area contributed by atoms with E-state index in [0.717, 1.165) is 30.4 Å². The van der Waals surface area contributed by atoms with Gasteiger partial charge in [0.05, 0.1) is 5.60 Å². The fourth-order valence-electron chi connectivity index (χ4n) is 3.39. The van der Waals surface area contributed by atoms with Crippen molar-refractivity contribution in [2.45, 2.75) is 52.6 Å². The molecule has 0 heterocycles. The average Bonchev–Trinajstić information content (AvgIpc) is 2.24. The Balaban J connectivity index is 2.37. The van der Waals surface area contributed by atoms with E-state index in [0.29, 0.717) is 5.41 Å². The summed E-state index contributed by atoms with van der Waals surface area (Å²) >= 11 is 0. The highest BCUT2D eigenvalue weighted by Crippen LogP contribution is 2.49. The molecule has 0 radical (unpaired) electrons. The molecule has 2 heteroatoms. The minimum atomic E-state index is -0.798. The van der Waals surface area contributed by atoms with E-state index < -0.39 is 5.60 Å². The molecular formula is C16H23FO. The normalized spacial score (nSPS) is 31.3. The molecule has 0 aromatic heterocycles. The van der Waals surface area contributed by atoms with Gasteiger partial charge >= 0.3 is 0 Å². The van der Waals surface area contributed by atoms with Crippen molar-refractivity contribution in [3.8, 4) is 0 Å². The summed E-state index contributed by atoms with van der Waals surface area (Å²) in [5.41, 5.74) is 1.24. The third-order valence-electron chi connectivity index (χ3n) is 4.51. The topological polar surface area (TPSA) is 20.2 Å². The fourth-order valence-corrected chi connectivity index (χ4v) is 3.39. The van der Waals surface area contributed by atoms with E-state index in [4.69, 9.17) is 0 Å². The molecule has 2 rings (SSSR count). The summed E-state index contributed by atoms with van der Waals surface area (Å²) in [6.45, 7) is 8.48. The second-order valence-electron chi connectivity index (χ2n) is 6.65. The van der Waals surface area contributed by atoms with Crippen molar-refractivity contribution in [2.24, 2.45) is 11.3 Å². The lowest BCUT2D eigenvalue weighted by molar-refractivity contribution is -0.0774. The number of aryl methyl sites for hydroxylation is 1. The zero-order chi connectivity index (χ0) is 13.6. The summed E-state index contributed by atoms with van der Waals surface area (Å²) in [5.74, 6) is -0.0333. The fraction of sp³-hybridized carbons (Fsp3) is 0.625. The predicted molar refractivity (Wildman–Crippen MR) is 71.8 cm³/mol. The van der Waals surface area contributed by atoms with Crippen LogP contribution in [-0.4, -0.2) is 5.11 Å². The maximum absolute atomic E-state index is 13.2. The zero-order valence-electron chi connectivity index (χ0n) is 11.8. The zero-order valence-corrected chi connectivity index (χ0v) is 11.8. The molecule has 100 valence electrons. The molecule has 0 spiro atoms. The third-order valence-corrected chi connectivity index (χ3v) is 4.51. The van der Waals surface area contributed by atoms with Gasteiger partial charge in [-0.05, 0) is 60.8 Å². The maximum Gasteiger partial charge on any atom is 0.123 e. The highest BCUT2D eigenvalue weighted by atomic mass is 19.1. The monoisotopic (exact) mass is 250 g/mol. The standard InChI is InChI=1S/C16H23FO/c1-11-9-13(17)5-6-14(11)16(18)8-7-15(3,4)10-12(16)2/h5-6,9,12,18H,7-8,10H2,1-4H3. The Morgan fingerprint density at radius 1 is 1.28 bits per heavy atom. The molecule has 1 aromatic rings. The molecule has 1 aliphatic carbocycles. The number of aliphatic hydroxyl groups is 1. The van der Waals surface area contributed by atoms with Crippen molar-refractivity contribution in [1.29, 1.82) is 0 Å². The first-order valence-corrected chi connectivity index (χ1v) is 6.74. The second-order valence-corrected chi connectivity index (χ2v) is 6.65. The summed E-state index contributed by atoms with van der Waals surface area (Å²) < 4.78 is 13.2. The van der Waals surface area contributed by atoms with Crippen LogP contribution in [0.5, 0.6) is 0 Å². The van der Waals surface area contributed by atoms with E-state index in [9.17, 15) is 9.50 Å². The maximum atomic E-state index is 13.2. The van der Waals surface area contributed by atoms with Crippen LogP contribution in [0.3, 0.4) is 0 Å². The van der Waals surface area contributed by atoms with Crippen molar-refractivity contribution in [2.75, 3.05) is 0 Å². The molecule has 1 fully saturated rings. The Kier molecular flexibility index (Phi) is 3.26. The average molecular weight is 250 g/mol. The molecule has 1 aliphatic rings. The van der Waals surface area contributed by atoms with Crippen LogP contribution in [0.4, 0.5) is 4.39 Å². The van der Waals surface area contributed by atoms with E-state index in [1.54, 1.807) is 6.07 Å². The highest BCUT2D eigenvalue weighted by Gasteiger charge is 2.44. The summed E-state index contributed by atoms with van der Waals surface area (Å²) in [5, 5.41) is 11.0. The van der Waals surface area contributed by atoms with E-state index in [1.165, 1.54) is 12.1 Å². The quantitative estimate of drug-likeness (QED) is 0.793. The van der Waals surface area contributed by atoms with Gasteiger partial charge in [-0.15, -0.1) is 0 Å². The van der Waals surface area contributed by atoms with Gasteiger partial charge in [0.25, 0.3) is 0 Å². The lowest BCUT2D eigenvalue weighted by atomic mass is 9.63. The first-order valence-electron chi connectivity index (χ1n) is 6.74. The van der Waals surface area contributed by atoms with Gasteiger partial charge in [0.2, 0.25) is 0 Å². The molecule has 2 atom stereocenters. The van der Waals surface area contributed by atoms with Gasteiger partial charge in [0.15, 0.2) is 0 Å². The minimum absolute atomic E-state index is 0.199. The molecule has 0 saturated heterocycles. The molecule has 1 nitrogen and oxygen atoms in total. The Labute approximate surface area is 109 Å². The summed E-state index contributed by atoms with van der Waals surface area (Å²) in [6, 6.07) is 4.71. The van der Waals surface area contributed by atoms with Crippen LogP contribution in [0.25, 0.3) is 0 Å². The van der Waals surface area contributed by atoms with Gasteiger partial charge in [-0.25, -0.2) is 4.39 Å². The van der Waals surface area contributed by atoms with Gasteiger partial charge in [-0.3, -0.25) is 0 Å². The van der Waals surface area contributed by atoms with Crippen LogP contribution in [0.15, 0.2) is 18.2 Å². The molecule has 1 N–H and O–H groups in total. The summed E-state index contributed by atoms with van der Waals surface area (Å²) in [6.07, 6.45) is 2.76. The molecule has 0 aliphatic heterocycles. The Hall–Kier alpha value is -0.890. The van der Waals surface area contributed by atoms with Gasteiger partial charge in [-0.2, -0.15) is 0 Å². The molecule has 18 heavy (non-hydrogen) atoms. The summed E-state index contributed by atoms with van der Waals surface area (Å²) in [4.78, 5) is 0. The van der Waals surface area contributed by atoms with Crippen molar-refractivity contribution in [1.82, 2.24) is 0 Å². The van der Waals surface area contributed by atoms with Crippen LogP contribution < -0.4 is 0 Å². The summed E-state index contributed by atoms with van der Waals surface area (Å²) in [7, 11) is 0. The number of rotatable bonds is 1. The molecule has 0 bridgehead atoms. The van der Waals surface area contributed by atoms with E-state index in [1.807, 2.05) is 6.92 Å². The van der Waals surface area contributed by atoms with Gasteiger partial charge in [0.1, 0.15) is 5.82 Å². The van der Waals surface area contributed by atoms with Gasteiger partial charge in [0, 0.05) is 0 Å². The predicted octanol–water partition coefficient (Wildman–Crippen LogP) is 4.17. The highest BCUT2D eigenvalue weighted by molar-refractivity contribution is 5.33. The van der Waals surface area contributed by atoms with Crippen LogP contribution in [0.2, 0.25) is 0 Å². The van der Waals surface area contributed by atoms with E-state index in [2.05, 4.69) is 20.8 Å². The molecule has 1 saturated carbocycles. The van der Waals surface area contributed by atoms with Crippen molar-refractivity contribution in [3.05, 3.63) is 35.1 Å². The van der Waals surface area contributed by atoms with Crippen LogP contribution in [0.1, 0.15) is 51.2 Å². The van der Waals surface area contributed by atoms with Crippen molar-refractivity contribution < 1.29 is 9.50 Å². The third kappa shape index (κ3) is 2.31. The first-order chi connectivity index (χ1) is 8.24. The minimum Gasteiger partial charge on any atom is -0.385 e. The second kappa shape index (κ2) is 4.34. The number of hydrogen-bond donors (Lipinski definition) is 1. The molecule has 0 amide bonds. The van der Waals surface area contributed by atoms with E-state index >= 15 is 0 Å². The van der Waals surface area contributed by atoms with Crippen LogP contribution in [0, 0.1) is 24.1 Å².